The molecule has 0 radical (unpaired) electrons. The molecule has 0 aliphatic carbocycles. The Labute approximate surface area is 174 Å². The summed E-state index contributed by atoms with van der Waals surface area (Å²) >= 11 is 0. The van der Waals surface area contributed by atoms with E-state index in [-0.39, 0.29) is 12.1 Å². The first-order valence-corrected chi connectivity index (χ1v) is 10.7. The standard InChI is InChI=1S/C23H34N4O2/c1-5-8-25-23(28)27(14-20-7-6-11-29-20)16-22-24-9-10-26(22)15-21-18(3)12-17(2)13-19(21)4/h9-10,12-13,20H,5-8,11,14-16H2,1-4H3,(H,25,28). The van der Waals surface area contributed by atoms with Crippen molar-refractivity contribution >= 4 is 6.03 Å². The van der Waals surface area contributed by atoms with Gasteiger partial charge in [-0.15, -0.1) is 0 Å². The van der Waals surface area contributed by atoms with E-state index >= 15 is 0 Å². The number of carbonyl (C=O) groups excluding carboxylic acids is 1. The molecule has 6 heteroatoms. The molecule has 1 fully saturated rings. The van der Waals surface area contributed by atoms with Crippen LogP contribution >= 0.6 is 0 Å². The number of aryl methyl sites for hydroxylation is 3. The monoisotopic (exact) mass is 398 g/mol. The molecular formula is C23H34N4O2. The average molecular weight is 399 g/mol. The Morgan fingerprint density at radius 2 is 2.07 bits per heavy atom. The van der Waals surface area contributed by atoms with Crippen LogP contribution in [0.25, 0.3) is 0 Å². The van der Waals surface area contributed by atoms with Crippen LogP contribution in [0.2, 0.25) is 0 Å². The maximum Gasteiger partial charge on any atom is 0.317 e. The number of imidazole rings is 1. The maximum atomic E-state index is 12.8. The lowest BCUT2D eigenvalue weighted by atomic mass is 10.00. The van der Waals surface area contributed by atoms with Crippen LogP contribution in [0, 0.1) is 20.8 Å². The van der Waals surface area contributed by atoms with Crippen molar-refractivity contribution < 1.29 is 9.53 Å². The number of hydrogen-bond donors (Lipinski definition) is 1. The maximum absolute atomic E-state index is 12.8. The molecule has 2 heterocycles. The number of ether oxygens (including phenoxy) is 1. The van der Waals surface area contributed by atoms with Crippen molar-refractivity contribution in [1.82, 2.24) is 19.8 Å². The highest BCUT2D eigenvalue weighted by molar-refractivity contribution is 5.74. The van der Waals surface area contributed by atoms with E-state index in [1.807, 2.05) is 17.3 Å². The van der Waals surface area contributed by atoms with Gasteiger partial charge in [-0.05, 0) is 56.7 Å². The molecule has 29 heavy (non-hydrogen) atoms. The number of nitrogens with zero attached hydrogens (tertiary/aromatic N) is 3. The van der Waals surface area contributed by atoms with Gasteiger partial charge in [-0.2, -0.15) is 0 Å². The second-order valence-electron chi connectivity index (χ2n) is 8.10. The highest BCUT2D eigenvalue weighted by atomic mass is 16.5. The highest BCUT2D eigenvalue weighted by Crippen LogP contribution is 2.19. The van der Waals surface area contributed by atoms with Crippen LogP contribution < -0.4 is 5.32 Å². The number of aromatic nitrogens is 2. The zero-order valence-electron chi connectivity index (χ0n) is 18.2. The summed E-state index contributed by atoms with van der Waals surface area (Å²) in [6.45, 7) is 11.8. The Hall–Kier alpha value is -2.34. The van der Waals surface area contributed by atoms with Gasteiger partial charge in [0.2, 0.25) is 0 Å². The first kappa shape index (κ1) is 21.4. The molecule has 1 aliphatic heterocycles. The van der Waals surface area contributed by atoms with Crippen LogP contribution in [-0.2, 0) is 17.8 Å². The molecule has 6 nitrogen and oxygen atoms in total. The van der Waals surface area contributed by atoms with Gasteiger partial charge < -0.3 is 19.5 Å². The van der Waals surface area contributed by atoms with Crippen molar-refractivity contribution in [1.29, 1.82) is 0 Å². The third-order valence-corrected chi connectivity index (χ3v) is 5.56. The van der Waals surface area contributed by atoms with Crippen molar-refractivity contribution in [2.45, 2.75) is 66.2 Å². The molecule has 2 amide bonds. The minimum atomic E-state index is -0.0420. The van der Waals surface area contributed by atoms with E-state index in [0.717, 1.165) is 38.2 Å². The van der Waals surface area contributed by atoms with Crippen LogP contribution in [0.15, 0.2) is 24.5 Å². The van der Waals surface area contributed by atoms with E-state index in [9.17, 15) is 4.79 Å². The zero-order valence-corrected chi connectivity index (χ0v) is 18.2. The summed E-state index contributed by atoms with van der Waals surface area (Å²) in [6.07, 6.45) is 6.93. The minimum absolute atomic E-state index is 0.0420. The topological polar surface area (TPSA) is 59.4 Å². The van der Waals surface area contributed by atoms with E-state index in [0.29, 0.717) is 19.6 Å². The SMILES string of the molecule is CCCNC(=O)N(Cc1nccn1Cc1c(C)cc(C)cc1C)CC1CCCO1. The number of carbonyl (C=O) groups is 1. The van der Waals surface area contributed by atoms with E-state index in [2.05, 4.69) is 54.7 Å². The van der Waals surface area contributed by atoms with E-state index in [1.165, 1.54) is 22.3 Å². The molecule has 1 N–H and O–H groups in total. The summed E-state index contributed by atoms with van der Waals surface area (Å²) in [5.74, 6) is 0.897. The molecule has 0 bridgehead atoms. The number of urea groups is 1. The van der Waals surface area contributed by atoms with Gasteiger partial charge >= 0.3 is 6.03 Å². The predicted molar refractivity (Wildman–Crippen MR) is 115 cm³/mol. The van der Waals surface area contributed by atoms with Crippen LogP contribution in [0.5, 0.6) is 0 Å². The molecule has 3 rings (SSSR count). The second kappa shape index (κ2) is 9.92. The summed E-state index contributed by atoms with van der Waals surface area (Å²) < 4.78 is 7.93. The fourth-order valence-electron chi connectivity index (χ4n) is 4.03. The smallest absolute Gasteiger partial charge is 0.317 e. The quantitative estimate of drug-likeness (QED) is 0.732. The third-order valence-electron chi connectivity index (χ3n) is 5.56. The summed E-state index contributed by atoms with van der Waals surface area (Å²) in [6, 6.07) is 4.40. The Balaban J connectivity index is 1.76. The highest BCUT2D eigenvalue weighted by Gasteiger charge is 2.24. The molecule has 1 atom stereocenters. The first-order valence-electron chi connectivity index (χ1n) is 10.7. The van der Waals surface area contributed by atoms with Crippen molar-refractivity contribution in [3.8, 4) is 0 Å². The molecule has 2 aromatic rings. The van der Waals surface area contributed by atoms with E-state index < -0.39 is 0 Å². The number of nitrogens with one attached hydrogen (secondary N) is 1. The summed E-state index contributed by atoms with van der Waals surface area (Å²) in [4.78, 5) is 19.2. The van der Waals surface area contributed by atoms with E-state index in [4.69, 9.17) is 4.74 Å². The fraction of sp³-hybridized carbons (Fsp3) is 0.565. The van der Waals surface area contributed by atoms with Crippen molar-refractivity contribution in [2.24, 2.45) is 0 Å². The molecular weight excluding hydrogens is 364 g/mol. The van der Waals surface area contributed by atoms with Crippen molar-refractivity contribution in [3.63, 3.8) is 0 Å². The minimum Gasteiger partial charge on any atom is -0.376 e. The zero-order chi connectivity index (χ0) is 20.8. The lowest BCUT2D eigenvalue weighted by Gasteiger charge is -2.26. The summed E-state index contributed by atoms with van der Waals surface area (Å²) in [5, 5.41) is 3.01. The number of rotatable bonds is 8. The van der Waals surface area contributed by atoms with Crippen LogP contribution in [-0.4, -0.2) is 46.3 Å². The lowest BCUT2D eigenvalue weighted by Crippen LogP contribution is -2.44. The van der Waals surface area contributed by atoms with Crippen molar-refractivity contribution in [3.05, 3.63) is 52.6 Å². The number of hydrogen-bond acceptors (Lipinski definition) is 3. The molecule has 1 unspecified atom stereocenters. The second-order valence-corrected chi connectivity index (χ2v) is 8.10. The molecule has 1 aliphatic rings. The van der Waals surface area contributed by atoms with Gasteiger partial charge in [0.1, 0.15) is 5.82 Å². The molecule has 0 saturated carbocycles. The molecule has 1 aromatic heterocycles. The third kappa shape index (κ3) is 5.60. The number of benzene rings is 1. The van der Waals surface area contributed by atoms with Gasteiger partial charge in [0.05, 0.1) is 12.6 Å². The Morgan fingerprint density at radius 3 is 2.72 bits per heavy atom. The molecule has 0 spiro atoms. The summed E-state index contributed by atoms with van der Waals surface area (Å²) in [5.41, 5.74) is 5.18. The van der Waals surface area contributed by atoms with E-state index in [1.54, 1.807) is 0 Å². The van der Waals surface area contributed by atoms with Crippen LogP contribution in [0.4, 0.5) is 4.79 Å². The average Bonchev–Trinajstić information content (AvgIpc) is 3.34. The number of amides is 2. The summed E-state index contributed by atoms with van der Waals surface area (Å²) in [7, 11) is 0. The van der Waals surface area contributed by atoms with Crippen LogP contribution in [0.3, 0.4) is 0 Å². The van der Waals surface area contributed by atoms with Gasteiger partial charge in [-0.25, -0.2) is 9.78 Å². The van der Waals surface area contributed by atoms with Crippen molar-refractivity contribution in [2.75, 3.05) is 19.7 Å². The molecule has 1 aromatic carbocycles. The molecule has 1 saturated heterocycles. The normalized spacial score (nSPS) is 16.2. The van der Waals surface area contributed by atoms with Gasteiger partial charge in [0, 0.05) is 38.6 Å². The Bertz CT molecular complexity index is 801. The Kier molecular flexibility index (Phi) is 7.31. The van der Waals surface area contributed by atoms with Gasteiger partial charge in [0.25, 0.3) is 0 Å². The predicted octanol–water partition coefficient (Wildman–Crippen LogP) is 3.96. The lowest BCUT2D eigenvalue weighted by molar-refractivity contribution is 0.0786. The Morgan fingerprint density at radius 1 is 1.31 bits per heavy atom. The van der Waals surface area contributed by atoms with Crippen LogP contribution in [0.1, 0.15) is 54.3 Å². The largest absolute Gasteiger partial charge is 0.376 e. The molecule has 158 valence electrons. The van der Waals surface area contributed by atoms with Gasteiger partial charge in [-0.1, -0.05) is 24.6 Å². The van der Waals surface area contributed by atoms with Gasteiger partial charge in [0.15, 0.2) is 0 Å². The fourth-order valence-corrected chi connectivity index (χ4v) is 4.03. The van der Waals surface area contributed by atoms with Gasteiger partial charge in [-0.3, -0.25) is 0 Å². The first-order chi connectivity index (χ1) is 14.0.